The number of nitrogens with one attached hydrogen (secondary N) is 4. The van der Waals surface area contributed by atoms with Crippen LogP contribution in [-0.2, 0) is 45.4 Å². The summed E-state index contributed by atoms with van der Waals surface area (Å²) in [6, 6.07) is -8.79. The maximum atomic E-state index is 13.8. The van der Waals surface area contributed by atoms with Crippen LogP contribution in [0.5, 0.6) is 0 Å². The van der Waals surface area contributed by atoms with Crippen molar-refractivity contribution in [3.05, 3.63) is 28.2 Å². The fraction of sp³-hybridized carbons (Fsp3) is 0.649. The summed E-state index contributed by atoms with van der Waals surface area (Å²) < 4.78 is 1.78. The number of urea groups is 1. The first-order chi connectivity index (χ1) is 31.7. The summed E-state index contributed by atoms with van der Waals surface area (Å²) in [5, 5.41) is 89.5. The van der Waals surface area contributed by atoms with Crippen molar-refractivity contribution in [1.29, 1.82) is 0 Å². The average molecular weight is 993 g/mol. The third-order valence-corrected chi connectivity index (χ3v) is 12.0. The van der Waals surface area contributed by atoms with Crippen LogP contribution in [0.25, 0.3) is 0 Å². The predicted molar refractivity (Wildman–Crippen MR) is 229 cm³/mol. The van der Waals surface area contributed by atoms with E-state index in [1.807, 2.05) is 5.32 Å². The molecule has 1 aliphatic heterocycles. The molecule has 30 nitrogen and oxygen atoms in total. The number of hydrogen-bond donors (Lipinski definition) is 14. The molecular weight excluding hydrogens is 933 g/mol. The second kappa shape index (κ2) is 27.1. The second-order valence-electron chi connectivity index (χ2n) is 15.5. The third kappa shape index (κ3) is 16.9. The number of carbonyl (C=O) groups excluding carboxylic acids is 8. The number of hydrogen-bond acceptors (Lipinski definition) is 19. The van der Waals surface area contributed by atoms with Gasteiger partial charge in [-0.3, -0.25) is 58.3 Å². The van der Waals surface area contributed by atoms with Gasteiger partial charge in [0.15, 0.2) is 6.04 Å². The fourth-order valence-corrected chi connectivity index (χ4v) is 8.03. The molecule has 1 aromatic rings. The number of thioether (sulfide) groups is 1. The fourth-order valence-electron chi connectivity index (χ4n) is 6.46. The van der Waals surface area contributed by atoms with Crippen molar-refractivity contribution < 1.29 is 84.3 Å². The largest absolute Gasteiger partial charge is 0.480 e. The third-order valence-electron chi connectivity index (χ3n) is 10.4. The highest BCUT2D eigenvalue weighted by molar-refractivity contribution is 8.00. The molecule has 10 atom stereocenters. The Kier molecular flexibility index (Phi) is 23.1. The Hall–Kier alpha value is -6.06. The number of amides is 9. The predicted octanol–water partition coefficient (Wildman–Crippen LogP) is -6.74. The Morgan fingerprint density at radius 3 is 1.63 bits per heavy atom. The Morgan fingerprint density at radius 1 is 0.750 bits per heavy atom. The minimum atomic E-state index is -2.31. The first-order valence-corrected chi connectivity index (χ1v) is 21.7. The van der Waals surface area contributed by atoms with Crippen LogP contribution in [0.2, 0.25) is 0 Å². The van der Waals surface area contributed by atoms with Crippen molar-refractivity contribution in [2.75, 3.05) is 26.2 Å². The molecule has 1 saturated heterocycles. The van der Waals surface area contributed by atoms with E-state index in [1.54, 1.807) is 0 Å². The molecule has 9 amide bonds. The van der Waals surface area contributed by atoms with Crippen molar-refractivity contribution in [3.63, 3.8) is 0 Å². The van der Waals surface area contributed by atoms with Gasteiger partial charge in [-0.1, -0.05) is 0 Å². The quantitative estimate of drug-likeness (QED) is 0.0320. The number of carbonyl (C=O) groups is 9. The monoisotopic (exact) mass is 992 g/mol. The first kappa shape index (κ1) is 58.1. The number of rotatable bonds is 25. The number of aliphatic hydroxyl groups is 4. The van der Waals surface area contributed by atoms with E-state index in [4.69, 9.17) is 11.5 Å². The van der Waals surface area contributed by atoms with E-state index in [-0.39, 0.29) is 57.2 Å². The maximum Gasteiger partial charge on any atom is 0.340 e. The van der Waals surface area contributed by atoms with Gasteiger partial charge in [-0.25, -0.2) is 29.6 Å². The molecule has 0 saturated carbocycles. The molecule has 31 heteroatoms. The summed E-state index contributed by atoms with van der Waals surface area (Å²) in [6.07, 6.45) is -5.91. The number of nitrogens with zero attached hydrogens (tertiary/aromatic N) is 6. The zero-order chi connectivity index (χ0) is 51.7. The van der Waals surface area contributed by atoms with Gasteiger partial charge in [0.05, 0.1) is 30.1 Å². The average Bonchev–Trinajstić information content (AvgIpc) is 3.56. The normalized spacial score (nSPS) is 19.6. The summed E-state index contributed by atoms with van der Waals surface area (Å²) >= 11 is 0.545. The molecule has 0 aromatic carbocycles. The standard InChI is InChI=1S/C37H60N12O18S/c1-17(51)47(65)12-5-8-20(38)30(57)40-21(9-6-13-48(66)18(2)52)31(58)41-22(10-7-14-49(67)19(3)53)32(59)42-23(16-50)33(60)44-25(35(61)62)26(54)29-27(55)28(56)34(68-29)46-15-11-24(43-36(39)63)45(4)37(46)64/h11,15,20-23,25-29,34,50,54-56,65-67H,5-10,12-14,16,38H2,1-4H3,(H2,39,63)(H,40,57)(H,41,58)(H,42,59)(H,44,60)(H,61,62)/b43-24+/t20-,21-,22+,23+,25+,26-,27+,28+,29-,34+/m0/s1. The van der Waals surface area contributed by atoms with Gasteiger partial charge < -0.3 is 58.3 Å². The van der Waals surface area contributed by atoms with Crippen molar-refractivity contribution in [3.8, 4) is 0 Å². The van der Waals surface area contributed by atoms with E-state index in [2.05, 4.69) is 20.9 Å². The van der Waals surface area contributed by atoms with E-state index >= 15 is 0 Å². The Labute approximate surface area is 390 Å². The molecule has 1 aliphatic rings. The van der Waals surface area contributed by atoms with Crippen molar-refractivity contribution in [2.45, 2.75) is 118 Å². The molecule has 0 unspecified atom stereocenters. The highest BCUT2D eigenvalue weighted by atomic mass is 32.2. The number of primary amides is 1. The van der Waals surface area contributed by atoms with Crippen LogP contribution in [0.4, 0.5) is 4.79 Å². The Balaban J connectivity index is 2.35. The van der Waals surface area contributed by atoms with E-state index in [0.717, 1.165) is 36.1 Å². The van der Waals surface area contributed by atoms with Gasteiger partial charge in [0, 0.05) is 53.6 Å². The van der Waals surface area contributed by atoms with Gasteiger partial charge in [0.1, 0.15) is 35.1 Å². The zero-order valence-electron chi connectivity index (χ0n) is 37.4. The van der Waals surface area contributed by atoms with Crippen molar-refractivity contribution in [1.82, 2.24) is 45.6 Å². The number of aliphatic carboxylic acids is 1. The number of carboxylic acid groups (broad SMARTS) is 1. The topological polar surface area (TPSA) is 465 Å². The lowest BCUT2D eigenvalue weighted by atomic mass is 10.00. The van der Waals surface area contributed by atoms with Crippen LogP contribution in [-0.4, -0.2) is 199 Å². The van der Waals surface area contributed by atoms with Crippen LogP contribution in [0.1, 0.15) is 64.7 Å². The smallest absolute Gasteiger partial charge is 0.340 e. The molecule has 1 fully saturated rings. The van der Waals surface area contributed by atoms with E-state index in [1.165, 1.54) is 13.1 Å². The van der Waals surface area contributed by atoms with Crippen molar-refractivity contribution >= 4 is 65.1 Å². The molecule has 382 valence electrons. The van der Waals surface area contributed by atoms with Gasteiger partial charge in [-0.05, 0) is 44.6 Å². The Morgan fingerprint density at radius 2 is 1.19 bits per heavy atom. The summed E-state index contributed by atoms with van der Waals surface area (Å²) in [5.74, 6) is -8.71. The SMILES string of the molecule is CC(=O)N(O)CCC[C@H](NC(=O)[C@@H](N)CCCN(O)C(C)=O)C(=O)N[C@H](CCCN(O)C(C)=O)C(=O)N[C@H](CO)C(=O)N[C@@H](C(=O)O)[C@H](O)[C@@H]1S[C@@H](n2cc/c(=N\C(N)=O)n(C)c2=O)[C@H](O)[C@H]1O. The summed E-state index contributed by atoms with van der Waals surface area (Å²) in [7, 11) is 1.21. The lowest BCUT2D eigenvalue weighted by Crippen LogP contribution is -2.61. The molecule has 2 heterocycles. The molecule has 0 bridgehead atoms. The lowest BCUT2D eigenvalue weighted by molar-refractivity contribution is -0.163. The highest BCUT2D eigenvalue weighted by Gasteiger charge is 2.50. The summed E-state index contributed by atoms with van der Waals surface area (Å²) in [5.41, 5.74) is 9.99. The lowest BCUT2D eigenvalue weighted by Gasteiger charge is -2.29. The molecule has 68 heavy (non-hydrogen) atoms. The van der Waals surface area contributed by atoms with Gasteiger partial charge in [0.25, 0.3) is 0 Å². The molecule has 1 aromatic heterocycles. The van der Waals surface area contributed by atoms with Crippen LogP contribution in [0.15, 0.2) is 22.1 Å². The zero-order valence-corrected chi connectivity index (χ0v) is 38.2. The van der Waals surface area contributed by atoms with Crippen LogP contribution >= 0.6 is 11.8 Å². The van der Waals surface area contributed by atoms with Crippen LogP contribution in [0, 0.1) is 0 Å². The van der Waals surface area contributed by atoms with Gasteiger partial charge >= 0.3 is 17.7 Å². The summed E-state index contributed by atoms with van der Waals surface area (Å²) in [6.45, 7) is 1.07. The molecule has 16 N–H and O–H groups in total. The maximum absolute atomic E-state index is 13.8. The molecule has 0 spiro atoms. The number of carboxylic acids is 1. The second-order valence-corrected chi connectivity index (χ2v) is 16.8. The summed E-state index contributed by atoms with van der Waals surface area (Å²) in [4.78, 5) is 129. The minimum absolute atomic E-state index is 0.0520. The first-order valence-electron chi connectivity index (χ1n) is 20.8. The van der Waals surface area contributed by atoms with Gasteiger partial charge in [-0.15, -0.1) is 11.8 Å². The van der Waals surface area contributed by atoms with Crippen LogP contribution in [0.3, 0.4) is 0 Å². The van der Waals surface area contributed by atoms with E-state index in [0.29, 0.717) is 27.0 Å². The number of aromatic nitrogens is 2. The van der Waals surface area contributed by atoms with Gasteiger partial charge in [-0.2, -0.15) is 4.99 Å². The highest BCUT2D eigenvalue weighted by Crippen LogP contribution is 2.43. The van der Waals surface area contributed by atoms with Gasteiger partial charge in [0.2, 0.25) is 41.4 Å². The van der Waals surface area contributed by atoms with Crippen LogP contribution < -0.4 is 43.9 Å². The number of aliphatic hydroxyl groups excluding tert-OH is 4. The molecule has 2 rings (SSSR count). The number of hydroxylamine groups is 6. The number of nitrogens with two attached hydrogens (primary N) is 2. The van der Waals surface area contributed by atoms with Crippen molar-refractivity contribution in [2.24, 2.45) is 23.5 Å². The van der Waals surface area contributed by atoms with E-state index < -0.39 is 131 Å². The molecule has 0 radical (unpaired) electrons. The minimum Gasteiger partial charge on any atom is -0.480 e. The van der Waals surface area contributed by atoms with E-state index in [9.17, 15) is 89.1 Å². The Bertz CT molecular complexity index is 2130. The molecular formula is C37H60N12O18S. The molecule has 0 aliphatic carbocycles.